The fourth-order valence-electron chi connectivity index (χ4n) is 2.17. The maximum Gasteiger partial charge on any atom is 0.254 e. The van der Waals surface area contributed by atoms with Crippen LogP contribution in [0.3, 0.4) is 0 Å². The highest BCUT2D eigenvalue weighted by Gasteiger charge is 2.18. The van der Waals surface area contributed by atoms with Crippen LogP contribution in [0, 0.1) is 6.92 Å². The molecule has 0 bridgehead atoms. The molecule has 0 radical (unpaired) electrons. The van der Waals surface area contributed by atoms with E-state index in [9.17, 15) is 13.2 Å². The van der Waals surface area contributed by atoms with E-state index in [4.69, 9.17) is 16.7 Å². The second-order valence-electron chi connectivity index (χ2n) is 5.27. The Hall–Kier alpha value is -1.89. The third-order valence-electron chi connectivity index (χ3n) is 3.48. The second kappa shape index (κ2) is 6.70. The zero-order valence-electron chi connectivity index (χ0n) is 12.8. The lowest BCUT2D eigenvalue weighted by atomic mass is 10.1. The minimum absolute atomic E-state index is 0.0856. The van der Waals surface area contributed by atoms with Gasteiger partial charge >= 0.3 is 0 Å². The van der Waals surface area contributed by atoms with Crippen LogP contribution in [0.4, 0.5) is 0 Å². The van der Waals surface area contributed by atoms with E-state index >= 15 is 0 Å². The van der Waals surface area contributed by atoms with Crippen molar-refractivity contribution >= 4 is 27.5 Å². The van der Waals surface area contributed by atoms with Gasteiger partial charge in [-0.15, -0.1) is 0 Å². The Morgan fingerprint density at radius 2 is 1.87 bits per heavy atom. The Morgan fingerprint density at radius 3 is 2.48 bits per heavy atom. The molecule has 0 aliphatic heterocycles. The molecule has 0 atom stereocenters. The van der Waals surface area contributed by atoms with Crippen molar-refractivity contribution in [3.05, 3.63) is 64.2 Å². The number of aryl methyl sites for hydroxylation is 1. The first kappa shape index (κ1) is 17.5. The summed E-state index contributed by atoms with van der Waals surface area (Å²) >= 11 is 6.10. The van der Waals surface area contributed by atoms with E-state index in [1.165, 1.54) is 17.0 Å². The summed E-state index contributed by atoms with van der Waals surface area (Å²) in [6.07, 6.45) is 0. The van der Waals surface area contributed by atoms with Crippen LogP contribution in [-0.4, -0.2) is 26.3 Å². The Kier molecular flexibility index (Phi) is 5.09. The summed E-state index contributed by atoms with van der Waals surface area (Å²) in [6.45, 7) is 2.06. The summed E-state index contributed by atoms with van der Waals surface area (Å²) in [5.41, 5.74) is 1.78. The molecule has 2 aromatic carbocycles. The number of nitrogens with zero attached hydrogens (tertiary/aromatic N) is 1. The largest absolute Gasteiger partial charge is 0.337 e. The van der Waals surface area contributed by atoms with Crippen molar-refractivity contribution in [3.63, 3.8) is 0 Å². The molecular weight excluding hydrogens is 336 g/mol. The quantitative estimate of drug-likeness (QED) is 0.918. The minimum atomic E-state index is -3.86. The maximum atomic E-state index is 12.6. The van der Waals surface area contributed by atoms with Crippen molar-refractivity contribution in [2.75, 3.05) is 7.05 Å². The number of amides is 1. The molecule has 0 fully saturated rings. The number of hydrogen-bond donors (Lipinski definition) is 1. The molecule has 0 aliphatic carbocycles. The second-order valence-corrected chi connectivity index (χ2v) is 7.24. The van der Waals surface area contributed by atoms with Gasteiger partial charge in [0.05, 0.1) is 4.90 Å². The molecule has 0 aromatic heterocycles. The predicted molar refractivity (Wildman–Crippen MR) is 89.8 cm³/mol. The maximum absolute atomic E-state index is 12.6. The van der Waals surface area contributed by atoms with Crippen LogP contribution in [0.5, 0.6) is 0 Å². The first-order valence-electron chi connectivity index (χ1n) is 6.82. The molecule has 5 nitrogen and oxygen atoms in total. The van der Waals surface area contributed by atoms with Crippen molar-refractivity contribution in [2.45, 2.75) is 18.4 Å². The van der Waals surface area contributed by atoms with E-state index in [-0.39, 0.29) is 10.8 Å². The molecule has 2 N–H and O–H groups in total. The lowest BCUT2D eigenvalue weighted by Gasteiger charge is -2.19. The minimum Gasteiger partial charge on any atom is -0.337 e. The van der Waals surface area contributed by atoms with Crippen molar-refractivity contribution in [1.82, 2.24) is 4.90 Å². The normalized spacial score (nSPS) is 11.3. The summed E-state index contributed by atoms with van der Waals surface area (Å²) in [5.74, 6) is -0.298. The lowest BCUT2D eigenvalue weighted by molar-refractivity contribution is 0.0784. The zero-order chi connectivity index (χ0) is 17.2. The summed E-state index contributed by atoms with van der Waals surface area (Å²) in [6, 6.07) is 11.5. The van der Waals surface area contributed by atoms with Gasteiger partial charge in [0.15, 0.2) is 0 Å². The van der Waals surface area contributed by atoms with Crippen molar-refractivity contribution in [2.24, 2.45) is 5.14 Å². The molecule has 0 unspecified atom stereocenters. The van der Waals surface area contributed by atoms with Gasteiger partial charge < -0.3 is 4.90 Å². The van der Waals surface area contributed by atoms with E-state index in [1.54, 1.807) is 26.1 Å². The van der Waals surface area contributed by atoms with E-state index in [2.05, 4.69) is 0 Å². The molecule has 0 saturated heterocycles. The van der Waals surface area contributed by atoms with Gasteiger partial charge in [0.1, 0.15) is 0 Å². The summed E-state index contributed by atoms with van der Waals surface area (Å²) in [5, 5.41) is 5.70. The van der Waals surface area contributed by atoms with Crippen molar-refractivity contribution in [1.29, 1.82) is 0 Å². The van der Waals surface area contributed by atoms with Gasteiger partial charge in [0.25, 0.3) is 5.91 Å². The van der Waals surface area contributed by atoms with Crippen LogP contribution in [-0.2, 0) is 16.6 Å². The van der Waals surface area contributed by atoms with Gasteiger partial charge in [-0.05, 0) is 36.2 Å². The molecule has 7 heteroatoms. The molecule has 1 amide bonds. The van der Waals surface area contributed by atoms with Gasteiger partial charge in [0, 0.05) is 24.2 Å². The highest BCUT2D eigenvalue weighted by atomic mass is 35.5. The Morgan fingerprint density at radius 1 is 1.22 bits per heavy atom. The zero-order valence-corrected chi connectivity index (χ0v) is 14.4. The van der Waals surface area contributed by atoms with Crippen LogP contribution < -0.4 is 5.14 Å². The van der Waals surface area contributed by atoms with Gasteiger partial charge in [-0.1, -0.05) is 35.9 Å². The van der Waals surface area contributed by atoms with Crippen LogP contribution in [0.2, 0.25) is 5.02 Å². The molecule has 23 heavy (non-hydrogen) atoms. The standard InChI is InChI=1S/C16H17ClN2O3S/c1-11-7-8-13(23(18,21)22)9-14(11)16(20)19(2)10-12-5-3-4-6-15(12)17/h3-9H,10H2,1-2H3,(H2,18,21,22). The molecule has 0 saturated carbocycles. The Balaban J connectivity index is 2.31. The highest BCUT2D eigenvalue weighted by molar-refractivity contribution is 7.89. The number of sulfonamides is 1. The molecule has 0 spiro atoms. The lowest BCUT2D eigenvalue weighted by Crippen LogP contribution is -2.27. The number of hydrogen-bond acceptors (Lipinski definition) is 3. The van der Waals surface area contributed by atoms with Gasteiger partial charge in [-0.25, -0.2) is 13.6 Å². The summed E-state index contributed by atoms with van der Waals surface area (Å²) < 4.78 is 22.9. The van der Waals surface area contributed by atoms with Crippen LogP contribution in [0.1, 0.15) is 21.5 Å². The molecule has 0 aliphatic rings. The number of carbonyl (C=O) groups excluding carboxylic acids is 1. The number of nitrogens with two attached hydrogens (primary N) is 1. The molecule has 0 heterocycles. The average Bonchev–Trinajstić information content (AvgIpc) is 2.48. The number of carbonyl (C=O) groups is 1. The number of rotatable bonds is 4. The van der Waals surface area contributed by atoms with Crippen LogP contribution >= 0.6 is 11.6 Å². The van der Waals surface area contributed by atoms with E-state index < -0.39 is 10.0 Å². The fraction of sp³-hybridized carbons (Fsp3) is 0.188. The number of primary sulfonamides is 1. The summed E-state index contributed by atoms with van der Waals surface area (Å²) in [7, 11) is -2.23. The number of halogens is 1. The SMILES string of the molecule is Cc1ccc(S(N)(=O)=O)cc1C(=O)N(C)Cc1ccccc1Cl. The van der Waals surface area contributed by atoms with Crippen molar-refractivity contribution in [3.8, 4) is 0 Å². The third kappa shape index (κ3) is 4.10. The molecule has 2 aromatic rings. The van der Waals surface area contributed by atoms with E-state index in [0.717, 1.165) is 5.56 Å². The Labute approximate surface area is 140 Å². The predicted octanol–water partition coefficient (Wildman–Crippen LogP) is 2.57. The van der Waals surface area contributed by atoms with Crippen LogP contribution in [0.15, 0.2) is 47.4 Å². The van der Waals surface area contributed by atoms with Crippen molar-refractivity contribution < 1.29 is 13.2 Å². The first-order chi connectivity index (χ1) is 10.7. The number of benzene rings is 2. The first-order valence-corrected chi connectivity index (χ1v) is 8.75. The van der Waals surface area contributed by atoms with Gasteiger partial charge in [0.2, 0.25) is 10.0 Å². The summed E-state index contributed by atoms with van der Waals surface area (Å²) in [4.78, 5) is 14.0. The third-order valence-corrected chi connectivity index (χ3v) is 4.76. The molecule has 122 valence electrons. The highest BCUT2D eigenvalue weighted by Crippen LogP contribution is 2.20. The molecule has 2 rings (SSSR count). The Bertz CT molecular complexity index is 850. The van der Waals surface area contributed by atoms with Gasteiger partial charge in [-0.2, -0.15) is 0 Å². The smallest absolute Gasteiger partial charge is 0.254 e. The molecular formula is C16H17ClN2O3S. The van der Waals surface area contributed by atoms with E-state index in [0.29, 0.717) is 22.7 Å². The van der Waals surface area contributed by atoms with Gasteiger partial charge in [-0.3, -0.25) is 4.79 Å². The monoisotopic (exact) mass is 352 g/mol. The average molecular weight is 353 g/mol. The fourth-order valence-corrected chi connectivity index (χ4v) is 2.90. The topological polar surface area (TPSA) is 80.5 Å². The van der Waals surface area contributed by atoms with E-state index in [1.807, 2.05) is 18.2 Å². The van der Waals surface area contributed by atoms with Crippen LogP contribution in [0.25, 0.3) is 0 Å².